The average Bonchev–Trinajstić information content (AvgIpc) is 2.51. The van der Waals surface area contributed by atoms with Gasteiger partial charge in [-0.3, -0.25) is 0 Å². The molecular weight excluding hydrogens is 387 g/mol. The van der Waals surface area contributed by atoms with Gasteiger partial charge in [-0.15, -0.1) is 0 Å². The van der Waals surface area contributed by atoms with Crippen molar-refractivity contribution in [2.24, 2.45) is 0 Å². The van der Waals surface area contributed by atoms with Gasteiger partial charge in [-0.25, -0.2) is 23.1 Å². The van der Waals surface area contributed by atoms with Crippen molar-refractivity contribution in [2.45, 2.75) is 42.5 Å². The van der Waals surface area contributed by atoms with E-state index in [1.54, 1.807) is 27.0 Å². The number of sulfonamides is 1. The highest BCUT2D eigenvalue weighted by Gasteiger charge is 2.33. The Labute approximate surface area is 154 Å². The van der Waals surface area contributed by atoms with Gasteiger partial charge >= 0.3 is 6.18 Å². The zero-order valence-corrected chi connectivity index (χ0v) is 16.2. The second-order valence-electron chi connectivity index (χ2n) is 6.50. The van der Waals surface area contributed by atoms with E-state index in [9.17, 15) is 21.6 Å². The van der Waals surface area contributed by atoms with Crippen molar-refractivity contribution in [1.82, 2.24) is 14.7 Å². The minimum Gasteiger partial charge on any atom is -0.222 e. The van der Waals surface area contributed by atoms with Crippen molar-refractivity contribution in [3.63, 3.8) is 0 Å². The lowest BCUT2D eigenvalue weighted by Gasteiger charge is -2.20. The number of hydrogen-bond donors (Lipinski definition) is 1. The van der Waals surface area contributed by atoms with Crippen LogP contribution in [-0.2, 0) is 16.2 Å². The molecule has 0 radical (unpaired) electrons. The Bertz CT molecular complexity index is 890. The molecule has 0 bridgehead atoms. The van der Waals surface area contributed by atoms with Gasteiger partial charge in [0.1, 0.15) is 5.69 Å². The van der Waals surface area contributed by atoms with E-state index < -0.39 is 27.4 Å². The number of thioether (sulfide) groups is 1. The van der Waals surface area contributed by atoms with Gasteiger partial charge in [0, 0.05) is 11.1 Å². The first kappa shape index (κ1) is 20.7. The van der Waals surface area contributed by atoms with Crippen LogP contribution in [-0.4, -0.2) is 30.2 Å². The topological polar surface area (TPSA) is 72.0 Å². The summed E-state index contributed by atoms with van der Waals surface area (Å²) in [6.07, 6.45) is -3.02. The molecule has 0 atom stereocenters. The molecule has 0 aliphatic carbocycles. The summed E-state index contributed by atoms with van der Waals surface area (Å²) >= 11 is 0.994. The van der Waals surface area contributed by atoms with E-state index in [1.165, 1.54) is 24.3 Å². The second-order valence-corrected chi connectivity index (χ2v) is 8.96. The van der Waals surface area contributed by atoms with Gasteiger partial charge in [0.05, 0.1) is 10.6 Å². The quantitative estimate of drug-likeness (QED) is 0.616. The molecule has 0 aliphatic heterocycles. The maximum Gasteiger partial charge on any atom is 0.433 e. The maximum atomic E-state index is 13.0. The van der Waals surface area contributed by atoms with Gasteiger partial charge in [0.2, 0.25) is 10.0 Å². The molecule has 26 heavy (non-hydrogen) atoms. The van der Waals surface area contributed by atoms with E-state index in [0.29, 0.717) is 5.56 Å². The van der Waals surface area contributed by atoms with Crippen LogP contribution in [0.25, 0.3) is 11.3 Å². The molecule has 0 saturated carbocycles. The Kier molecular flexibility index (Phi) is 5.69. The molecule has 1 N–H and O–H groups in total. The Morgan fingerprint density at radius 1 is 1.04 bits per heavy atom. The zero-order valence-electron chi connectivity index (χ0n) is 14.5. The smallest absolute Gasteiger partial charge is 0.222 e. The number of aromatic nitrogens is 2. The second kappa shape index (κ2) is 7.16. The summed E-state index contributed by atoms with van der Waals surface area (Å²) in [5.74, 6) is 0. The maximum absolute atomic E-state index is 13.0. The number of hydrogen-bond acceptors (Lipinski definition) is 5. The van der Waals surface area contributed by atoms with Gasteiger partial charge in [0.25, 0.3) is 0 Å². The first-order valence-corrected chi connectivity index (χ1v) is 10.2. The SMILES string of the molecule is CSc1nc(-c2ccc(S(=O)(=O)NC(C)(C)C)cc2)cc(C(F)(F)F)n1. The predicted molar refractivity (Wildman–Crippen MR) is 94.3 cm³/mol. The fourth-order valence-electron chi connectivity index (χ4n) is 2.08. The Balaban J connectivity index is 2.43. The molecule has 1 aromatic heterocycles. The van der Waals surface area contributed by atoms with Gasteiger partial charge < -0.3 is 0 Å². The van der Waals surface area contributed by atoms with E-state index in [1.807, 2.05) is 0 Å². The predicted octanol–water partition coefficient (Wildman–Crippen LogP) is 3.96. The fourth-order valence-corrected chi connectivity index (χ4v) is 3.87. The molecule has 0 amide bonds. The molecular formula is C16H18F3N3O2S2. The van der Waals surface area contributed by atoms with Gasteiger partial charge in [-0.05, 0) is 45.2 Å². The monoisotopic (exact) mass is 405 g/mol. The highest BCUT2D eigenvalue weighted by Crippen LogP contribution is 2.31. The first-order valence-electron chi connectivity index (χ1n) is 7.46. The van der Waals surface area contributed by atoms with Crippen LogP contribution in [0.15, 0.2) is 40.4 Å². The van der Waals surface area contributed by atoms with Gasteiger partial charge in [-0.2, -0.15) is 13.2 Å². The van der Waals surface area contributed by atoms with Crippen molar-refractivity contribution >= 4 is 21.8 Å². The molecule has 0 saturated heterocycles. The van der Waals surface area contributed by atoms with E-state index in [-0.39, 0.29) is 15.7 Å². The van der Waals surface area contributed by atoms with Crippen molar-refractivity contribution in [1.29, 1.82) is 0 Å². The summed E-state index contributed by atoms with van der Waals surface area (Å²) in [7, 11) is -3.73. The third kappa shape index (κ3) is 5.18. The number of rotatable bonds is 4. The largest absolute Gasteiger partial charge is 0.433 e. The van der Waals surface area contributed by atoms with E-state index in [2.05, 4.69) is 14.7 Å². The minimum atomic E-state index is -4.60. The standard InChI is InChI=1S/C16H18F3N3O2S2/c1-15(2,3)22-26(23,24)11-7-5-10(6-8-11)12-9-13(16(17,18)19)21-14(20-12)25-4/h5-9,22H,1-4H3. The molecule has 0 fully saturated rings. The van der Waals surface area contributed by atoms with E-state index in [0.717, 1.165) is 17.8 Å². The molecule has 1 aromatic carbocycles. The van der Waals surface area contributed by atoms with E-state index in [4.69, 9.17) is 0 Å². The summed E-state index contributed by atoms with van der Waals surface area (Å²) in [4.78, 5) is 7.56. The summed E-state index contributed by atoms with van der Waals surface area (Å²) < 4.78 is 66.1. The third-order valence-electron chi connectivity index (χ3n) is 3.08. The highest BCUT2D eigenvalue weighted by molar-refractivity contribution is 7.98. The number of benzene rings is 1. The molecule has 142 valence electrons. The number of nitrogens with one attached hydrogen (secondary N) is 1. The Hall–Kier alpha value is -1.65. The van der Waals surface area contributed by atoms with Crippen LogP contribution in [0.2, 0.25) is 0 Å². The molecule has 2 rings (SSSR count). The van der Waals surface area contributed by atoms with Crippen LogP contribution in [0.1, 0.15) is 26.5 Å². The Morgan fingerprint density at radius 2 is 1.62 bits per heavy atom. The molecule has 0 spiro atoms. The van der Waals surface area contributed by atoms with Crippen LogP contribution in [0, 0.1) is 0 Å². The third-order valence-corrected chi connectivity index (χ3v) is 5.40. The van der Waals surface area contributed by atoms with E-state index >= 15 is 0 Å². The van der Waals surface area contributed by atoms with Gasteiger partial charge in [0.15, 0.2) is 5.16 Å². The normalized spacial score (nSPS) is 13.0. The zero-order chi connectivity index (χ0) is 19.8. The summed E-state index contributed by atoms with van der Waals surface area (Å²) in [6.45, 7) is 5.13. The van der Waals surface area contributed by atoms with Crippen molar-refractivity contribution in [3.8, 4) is 11.3 Å². The number of halogens is 3. The van der Waals surface area contributed by atoms with Crippen molar-refractivity contribution in [2.75, 3.05) is 6.26 Å². The molecule has 1 heterocycles. The summed E-state index contributed by atoms with van der Waals surface area (Å²) in [5, 5.41) is -0.0130. The Morgan fingerprint density at radius 3 is 2.08 bits per heavy atom. The lowest BCUT2D eigenvalue weighted by molar-refractivity contribution is -0.141. The minimum absolute atomic E-state index is 0.0130. The molecule has 5 nitrogen and oxygen atoms in total. The average molecular weight is 405 g/mol. The van der Waals surface area contributed by atoms with Crippen LogP contribution in [0.3, 0.4) is 0 Å². The van der Waals surface area contributed by atoms with Crippen LogP contribution >= 0.6 is 11.8 Å². The first-order chi connectivity index (χ1) is 11.8. The van der Waals surface area contributed by atoms with Crippen molar-refractivity contribution < 1.29 is 21.6 Å². The molecule has 2 aromatic rings. The molecule has 0 aliphatic rings. The summed E-state index contributed by atoms with van der Waals surface area (Å²) in [6, 6.07) is 6.35. The van der Waals surface area contributed by atoms with Crippen molar-refractivity contribution in [3.05, 3.63) is 36.0 Å². The highest BCUT2D eigenvalue weighted by atomic mass is 32.2. The lowest BCUT2D eigenvalue weighted by Crippen LogP contribution is -2.40. The fraction of sp³-hybridized carbons (Fsp3) is 0.375. The lowest BCUT2D eigenvalue weighted by atomic mass is 10.1. The van der Waals surface area contributed by atoms with Crippen LogP contribution < -0.4 is 4.72 Å². The number of nitrogens with zero attached hydrogens (tertiary/aromatic N) is 2. The van der Waals surface area contributed by atoms with Crippen LogP contribution in [0.4, 0.5) is 13.2 Å². The summed E-state index contributed by atoms with van der Waals surface area (Å²) in [5.41, 5.74) is -1.26. The molecule has 0 unspecified atom stereocenters. The van der Waals surface area contributed by atoms with Gasteiger partial charge in [-0.1, -0.05) is 23.9 Å². The number of alkyl halides is 3. The molecule has 10 heteroatoms. The van der Waals surface area contributed by atoms with Crippen LogP contribution in [0.5, 0.6) is 0 Å².